The Labute approximate surface area is 220 Å². The van der Waals surface area contributed by atoms with Crippen LogP contribution in [0.2, 0.25) is 5.02 Å². The summed E-state index contributed by atoms with van der Waals surface area (Å²) in [4.78, 5) is 19.3. The first-order valence-electron chi connectivity index (χ1n) is 13.6. The molecule has 3 aliphatic rings. The van der Waals surface area contributed by atoms with Crippen LogP contribution in [0, 0.1) is 0 Å². The average Bonchev–Trinajstić information content (AvgIpc) is 3.58. The number of unbranched alkanes of at least 4 members (excludes halogenated alkanes) is 2. The Hall–Kier alpha value is -2.34. The maximum atomic E-state index is 12.4. The summed E-state index contributed by atoms with van der Waals surface area (Å²) in [5.41, 5.74) is 5.12. The van der Waals surface area contributed by atoms with Crippen LogP contribution >= 0.6 is 11.6 Å². The number of hydrogen-bond acceptors (Lipinski definition) is 4. The minimum Gasteiger partial charge on any atom is -0.494 e. The molecule has 6 heteroatoms. The van der Waals surface area contributed by atoms with Crippen LogP contribution in [0.5, 0.6) is 5.75 Å². The molecule has 5 rings (SSSR count). The second-order valence-corrected chi connectivity index (χ2v) is 10.7. The smallest absolute Gasteiger partial charge is 0.236 e. The fourth-order valence-electron chi connectivity index (χ4n) is 5.55. The maximum absolute atomic E-state index is 12.4. The molecule has 0 atom stereocenters. The molecule has 2 saturated heterocycles. The van der Waals surface area contributed by atoms with Crippen molar-refractivity contribution in [2.45, 2.75) is 38.5 Å². The molecule has 1 amide bonds. The third-order valence-electron chi connectivity index (χ3n) is 7.72. The van der Waals surface area contributed by atoms with Gasteiger partial charge in [-0.25, -0.2) is 0 Å². The monoisotopic (exact) mass is 507 g/mol. The molecule has 2 aromatic rings. The lowest BCUT2D eigenvalue weighted by Crippen LogP contribution is -2.49. The number of amides is 1. The lowest BCUT2D eigenvalue weighted by atomic mass is 9.99. The predicted molar refractivity (Wildman–Crippen MR) is 147 cm³/mol. The number of fused-ring (bicyclic) bond motifs is 1. The van der Waals surface area contributed by atoms with Gasteiger partial charge in [-0.1, -0.05) is 35.9 Å². The Morgan fingerprint density at radius 1 is 0.861 bits per heavy atom. The standard InChI is InChI=1S/C30H38ClN3O2/c31-26-9-6-24(7-10-26)28-12-8-25-22-27(11-13-29(25)28)36-21-5-1-2-14-32-17-19-33(20-18-32)23-30(35)34-15-3-4-16-34/h6-7,9-13,22H,1-5,8,14-21,23H2. The van der Waals surface area contributed by atoms with Gasteiger partial charge in [-0.2, -0.15) is 0 Å². The molecule has 36 heavy (non-hydrogen) atoms. The number of ether oxygens (including phenoxy) is 1. The van der Waals surface area contributed by atoms with Crippen molar-refractivity contribution in [3.05, 3.63) is 70.3 Å². The Morgan fingerprint density at radius 3 is 2.39 bits per heavy atom. The molecule has 1 aliphatic carbocycles. The SMILES string of the molecule is O=C(CN1CCN(CCCCCOc2ccc3c(c2)CC=C3c2ccc(Cl)cc2)CC1)N1CCCC1. The van der Waals surface area contributed by atoms with Gasteiger partial charge in [0.05, 0.1) is 13.2 Å². The average molecular weight is 508 g/mol. The number of carbonyl (C=O) groups excluding carboxylic acids is 1. The molecule has 2 fully saturated rings. The van der Waals surface area contributed by atoms with Gasteiger partial charge in [0.25, 0.3) is 0 Å². The van der Waals surface area contributed by atoms with Gasteiger partial charge in [0, 0.05) is 44.3 Å². The number of piperazine rings is 1. The number of rotatable bonds is 10. The highest BCUT2D eigenvalue weighted by Gasteiger charge is 2.23. The quantitative estimate of drug-likeness (QED) is 0.418. The first kappa shape index (κ1) is 25.3. The molecule has 0 radical (unpaired) electrons. The molecule has 0 aromatic heterocycles. The Balaban J connectivity index is 0.958. The van der Waals surface area contributed by atoms with E-state index in [1.165, 1.54) is 47.9 Å². The van der Waals surface area contributed by atoms with Gasteiger partial charge in [-0.3, -0.25) is 9.69 Å². The highest BCUT2D eigenvalue weighted by Crippen LogP contribution is 2.35. The van der Waals surface area contributed by atoms with Gasteiger partial charge in [-0.05, 0) is 91.6 Å². The normalized spacial score (nSPS) is 18.4. The third-order valence-corrected chi connectivity index (χ3v) is 7.97. The minimum absolute atomic E-state index is 0.322. The summed E-state index contributed by atoms with van der Waals surface area (Å²) in [5, 5.41) is 0.768. The number of nitrogens with zero attached hydrogens (tertiary/aromatic N) is 3. The Morgan fingerprint density at radius 2 is 1.61 bits per heavy atom. The molecule has 0 saturated carbocycles. The number of allylic oxidation sites excluding steroid dienone is 1. The molecule has 2 aromatic carbocycles. The van der Waals surface area contributed by atoms with Crippen LogP contribution in [0.3, 0.4) is 0 Å². The summed E-state index contributed by atoms with van der Waals surface area (Å²) in [6, 6.07) is 14.6. The molecule has 0 bridgehead atoms. The molecule has 0 N–H and O–H groups in total. The van der Waals surface area contributed by atoms with Crippen LogP contribution in [0.25, 0.3) is 5.57 Å². The number of hydrogen-bond donors (Lipinski definition) is 0. The van der Waals surface area contributed by atoms with Gasteiger partial charge < -0.3 is 14.5 Å². The van der Waals surface area contributed by atoms with E-state index in [2.05, 4.69) is 46.2 Å². The fourth-order valence-corrected chi connectivity index (χ4v) is 5.68. The zero-order valence-corrected chi connectivity index (χ0v) is 22.0. The summed E-state index contributed by atoms with van der Waals surface area (Å²) in [6.45, 7) is 8.59. The lowest BCUT2D eigenvalue weighted by molar-refractivity contribution is -0.131. The van der Waals surface area contributed by atoms with Gasteiger partial charge >= 0.3 is 0 Å². The Bertz CT molecular complexity index is 1050. The van der Waals surface area contributed by atoms with Crippen LogP contribution in [-0.2, 0) is 11.2 Å². The highest BCUT2D eigenvalue weighted by molar-refractivity contribution is 6.30. The molecule has 0 spiro atoms. The van der Waals surface area contributed by atoms with Crippen LogP contribution in [-0.4, -0.2) is 79.6 Å². The number of benzene rings is 2. The second kappa shape index (κ2) is 12.3. The molecule has 2 aliphatic heterocycles. The Kier molecular flexibility index (Phi) is 8.63. The molecule has 5 nitrogen and oxygen atoms in total. The van der Waals surface area contributed by atoms with Crippen LogP contribution in [0.4, 0.5) is 0 Å². The predicted octanol–water partition coefficient (Wildman–Crippen LogP) is 5.12. The van der Waals surface area contributed by atoms with E-state index in [0.717, 1.165) is 76.0 Å². The van der Waals surface area contributed by atoms with Crippen molar-refractivity contribution >= 4 is 23.1 Å². The summed E-state index contributed by atoms with van der Waals surface area (Å²) in [5.74, 6) is 1.29. The minimum atomic E-state index is 0.322. The van der Waals surface area contributed by atoms with Crippen LogP contribution in [0.1, 0.15) is 48.8 Å². The van der Waals surface area contributed by atoms with Crippen molar-refractivity contribution in [1.82, 2.24) is 14.7 Å². The largest absolute Gasteiger partial charge is 0.494 e. The first-order valence-corrected chi connectivity index (χ1v) is 14.0. The molecular weight excluding hydrogens is 470 g/mol. The van der Waals surface area contributed by atoms with Crippen molar-refractivity contribution in [2.24, 2.45) is 0 Å². The van der Waals surface area contributed by atoms with Crippen molar-refractivity contribution in [2.75, 3.05) is 59.0 Å². The van der Waals surface area contributed by atoms with E-state index in [1.54, 1.807) is 0 Å². The number of likely N-dealkylation sites (tertiary alicyclic amines) is 1. The topological polar surface area (TPSA) is 36.0 Å². The van der Waals surface area contributed by atoms with Gasteiger partial charge in [0.15, 0.2) is 0 Å². The van der Waals surface area contributed by atoms with Crippen LogP contribution < -0.4 is 4.74 Å². The lowest BCUT2D eigenvalue weighted by Gasteiger charge is -2.35. The molecule has 2 heterocycles. The fraction of sp³-hybridized carbons (Fsp3) is 0.500. The van der Waals surface area contributed by atoms with E-state index in [0.29, 0.717) is 12.5 Å². The molecule has 192 valence electrons. The summed E-state index contributed by atoms with van der Waals surface area (Å²) in [7, 11) is 0. The zero-order chi connectivity index (χ0) is 24.7. The summed E-state index contributed by atoms with van der Waals surface area (Å²) in [6.07, 6.45) is 9.04. The maximum Gasteiger partial charge on any atom is 0.236 e. The van der Waals surface area contributed by atoms with Gasteiger partial charge in [0.1, 0.15) is 5.75 Å². The number of carbonyl (C=O) groups is 1. The summed E-state index contributed by atoms with van der Waals surface area (Å²) < 4.78 is 6.08. The summed E-state index contributed by atoms with van der Waals surface area (Å²) >= 11 is 6.05. The third kappa shape index (κ3) is 6.50. The van der Waals surface area contributed by atoms with Gasteiger partial charge in [0.2, 0.25) is 5.91 Å². The van der Waals surface area contributed by atoms with E-state index in [9.17, 15) is 4.79 Å². The van der Waals surface area contributed by atoms with E-state index >= 15 is 0 Å². The van der Waals surface area contributed by atoms with Crippen molar-refractivity contribution < 1.29 is 9.53 Å². The van der Waals surface area contributed by atoms with Crippen molar-refractivity contribution in [3.8, 4) is 5.75 Å². The first-order chi connectivity index (χ1) is 17.7. The van der Waals surface area contributed by atoms with E-state index < -0.39 is 0 Å². The molecule has 0 unspecified atom stereocenters. The van der Waals surface area contributed by atoms with E-state index in [4.69, 9.17) is 16.3 Å². The van der Waals surface area contributed by atoms with E-state index in [-0.39, 0.29) is 0 Å². The van der Waals surface area contributed by atoms with Crippen LogP contribution in [0.15, 0.2) is 48.5 Å². The second-order valence-electron chi connectivity index (χ2n) is 10.3. The number of halogens is 1. The highest BCUT2D eigenvalue weighted by atomic mass is 35.5. The molecular formula is C30H38ClN3O2. The van der Waals surface area contributed by atoms with Crippen molar-refractivity contribution in [1.29, 1.82) is 0 Å². The van der Waals surface area contributed by atoms with Gasteiger partial charge in [-0.15, -0.1) is 0 Å². The van der Waals surface area contributed by atoms with E-state index in [1.807, 2.05) is 17.0 Å². The van der Waals surface area contributed by atoms with Crippen molar-refractivity contribution in [3.63, 3.8) is 0 Å². The zero-order valence-electron chi connectivity index (χ0n) is 21.3.